The SMILES string of the molecule is N[C@H](CCCCc1cc(F)c(F)cc1F)CC(=O)O. The molecule has 106 valence electrons. The zero-order chi connectivity index (χ0) is 14.4. The van der Waals surface area contributed by atoms with E-state index >= 15 is 0 Å². The van der Waals surface area contributed by atoms with Crippen molar-refractivity contribution in [1.82, 2.24) is 0 Å². The molecule has 0 fully saturated rings. The van der Waals surface area contributed by atoms with Crippen molar-refractivity contribution in [3.63, 3.8) is 0 Å². The lowest BCUT2D eigenvalue weighted by Gasteiger charge is -2.08. The molecule has 3 nitrogen and oxygen atoms in total. The number of unbranched alkanes of at least 4 members (excludes halogenated alkanes) is 1. The fourth-order valence-electron chi connectivity index (χ4n) is 1.80. The Bertz CT molecular complexity index is 452. The van der Waals surface area contributed by atoms with Crippen molar-refractivity contribution in [3.05, 3.63) is 35.1 Å². The predicted octanol–water partition coefficient (Wildman–Crippen LogP) is 2.62. The highest BCUT2D eigenvalue weighted by Crippen LogP contribution is 2.16. The molecule has 1 aromatic rings. The van der Waals surface area contributed by atoms with Gasteiger partial charge in [-0.1, -0.05) is 6.42 Å². The molecule has 1 aromatic carbocycles. The van der Waals surface area contributed by atoms with Gasteiger partial charge in [0.1, 0.15) is 5.82 Å². The highest BCUT2D eigenvalue weighted by atomic mass is 19.2. The summed E-state index contributed by atoms with van der Waals surface area (Å²) in [5.74, 6) is -4.00. The third-order valence-electron chi connectivity index (χ3n) is 2.80. The van der Waals surface area contributed by atoms with Gasteiger partial charge in [0.2, 0.25) is 0 Å². The van der Waals surface area contributed by atoms with Gasteiger partial charge in [0, 0.05) is 12.1 Å². The minimum absolute atomic E-state index is 0.112. The fraction of sp³-hybridized carbons (Fsp3) is 0.462. The van der Waals surface area contributed by atoms with Crippen LogP contribution in [-0.4, -0.2) is 17.1 Å². The van der Waals surface area contributed by atoms with Crippen molar-refractivity contribution >= 4 is 5.97 Å². The van der Waals surface area contributed by atoms with Crippen LogP contribution in [0.5, 0.6) is 0 Å². The molecular weight excluding hydrogens is 259 g/mol. The van der Waals surface area contributed by atoms with E-state index in [0.717, 1.165) is 6.07 Å². The van der Waals surface area contributed by atoms with Crippen molar-refractivity contribution in [2.24, 2.45) is 5.73 Å². The number of rotatable bonds is 7. The first-order chi connectivity index (χ1) is 8.90. The van der Waals surface area contributed by atoms with E-state index in [-0.39, 0.29) is 18.4 Å². The Balaban J connectivity index is 2.37. The zero-order valence-corrected chi connectivity index (χ0v) is 10.3. The maximum Gasteiger partial charge on any atom is 0.304 e. The Hall–Kier alpha value is -1.56. The van der Waals surface area contributed by atoms with Crippen LogP contribution >= 0.6 is 0 Å². The van der Waals surface area contributed by atoms with Crippen LogP contribution in [0.3, 0.4) is 0 Å². The molecule has 1 atom stereocenters. The summed E-state index contributed by atoms with van der Waals surface area (Å²) >= 11 is 0. The first-order valence-corrected chi connectivity index (χ1v) is 6.01. The number of benzene rings is 1. The second kappa shape index (κ2) is 7.13. The third-order valence-corrected chi connectivity index (χ3v) is 2.80. The second-order valence-electron chi connectivity index (χ2n) is 4.46. The summed E-state index contributed by atoms with van der Waals surface area (Å²) in [5.41, 5.74) is 5.68. The minimum atomic E-state index is -1.20. The fourth-order valence-corrected chi connectivity index (χ4v) is 1.80. The van der Waals surface area contributed by atoms with E-state index in [2.05, 4.69) is 0 Å². The molecule has 0 saturated heterocycles. The number of aryl methyl sites for hydroxylation is 1. The molecule has 0 aliphatic carbocycles. The number of carboxylic acid groups (broad SMARTS) is 1. The van der Waals surface area contributed by atoms with Crippen molar-refractivity contribution < 1.29 is 23.1 Å². The van der Waals surface area contributed by atoms with Crippen molar-refractivity contribution in [2.75, 3.05) is 0 Å². The molecule has 0 radical (unpaired) electrons. The van der Waals surface area contributed by atoms with Gasteiger partial charge in [-0.3, -0.25) is 4.79 Å². The maximum absolute atomic E-state index is 13.3. The molecule has 0 aliphatic rings. The van der Waals surface area contributed by atoms with Gasteiger partial charge in [-0.2, -0.15) is 0 Å². The predicted molar refractivity (Wildman–Crippen MR) is 64.1 cm³/mol. The summed E-state index contributed by atoms with van der Waals surface area (Å²) in [7, 11) is 0. The van der Waals surface area contributed by atoms with Crippen LogP contribution < -0.4 is 5.73 Å². The van der Waals surface area contributed by atoms with E-state index in [1.807, 2.05) is 0 Å². The van der Waals surface area contributed by atoms with Crippen LogP contribution in [0.1, 0.15) is 31.2 Å². The molecule has 0 aliphatic heterocycles. The molecule has 19 heavy (non-hydrogen) atoms. The highest BCUT2D eigenvalue weighted by molar-refractivity contribution is 5.67. The van der Waals surface area contributed by atoms with Crippen molar-refractivity contribution in [3.8, 4) is 0 Å². The van der Waals surface area contributed by atoms with E-state index in [1.54, 1.807) is 0 Å². The molecule has 0 spiro atoms. The van der Waals surface area contributed by atoms with Crippen LogP contribution in [0.15, 0.2) is 12.1 Å². The number of aliphatic carboxylic acids is 1. The molecule has 0 amide bonds. The van der Waals surface area contributed by atoms with Crippen molar-refractivity contribution in [1.29, 1.82) is 0 Å². The van der Waals surface area contributed by atoms with E-state index in [1.165, 1.54) is 0 Å². The summed E-state index contributed by atoms with van der Waals surface area (Å²) < 4.78 is 38.9. The third kappa shape index (κ3) is 5.30. The lowest BCUT2D eigenvalue weighted by atomic mass is 10.0. The molecule has 3 N–H and O–H groups in total. The smallest absolute Gasteiger partial charge is 0.304 e. The van der Waals surface area contributed by atoms with Gasteiger partial charge in [-0.25, -0.2) is 13.2 Å². The second-order valence-corrected chi connectivity index (χ2v) is 4.46. The molecule has 1 rings (SSSR count). The Kier molecular flexibility index (Phi) is 5.82. The van der Waals surface area contributed by atoms with Crippen LogP contribution in [0.4, 0.5) is 13.2 Å². The first-order valence-electron chi connectivity index (χ1n) is 6.01. The number of hydrogen-bond donors (Lipinski definition) is 2. The lowest BCUT2D eigenvalue weighted by Crippen LogP contribution is -2.23. The van der Waals surface area contributed by atoms with E-state index in [9.17, 15) is 18.0 Å². The Morgan fingerprint density at radius 2 is 1.79 bits per heavy atom. The monoisotopic (exact) mass is 275 g/mol. The molecule has 6 heteroatoms. The number of halogens is 3. The number of nitrogens with two attached hydrogens (primary N) is 1. The van der Waals surface area contributed by atoms with Crippen LogP contribution in [0, 0.1) is 17.5 Å². The molecule has 0 aromatic heterocycles. The van der Waals surface area contributed by atoms with E-state index in [0.29, 0.717) is 25.3 Å². The number of hydrogen-bond acceptors (Lipinski definition) is 2. The summed E-state index contributed by atoms with van der Waals surface area (Å²) in [6, 6.07) is 0.940. The number of carboxylic acids is 1. The van der Waals surface area contributed by atoms with Crippen molar-refractivity contribution in [2.45, 2.75) is 38.1 Å². The lowest BCUT2D eigenvalue weighted by molar-refractivity contribution is -0.137. The standard InChI is InChI=1S/C13H16F3NO2/c14-10-7-12(16)11(15)5-8(10)3-1-2-4-9(17)6-13(18)19/h5,7,9H,1-4,6,17H2,(H,18,19)/t9-/m1/s1. The summed E-state index contributed by atoms with van der Waals surface area (Å²) in [4.78, 5) is 10.4. The van der Waals surface area contributed by atoms with Gasteiger partial charge in [0.15, 0.2) is 11.6 Å². The van der Waals surface area contributed by atoms with Crippen LogP contribution in [0.25, 0.3) is 0 Å². The quantitative estimate of drug-likeness (QED) is 0.594. The van der Waals surface area contributed by atoms with E-state index in [4.69, 9.17) is 10.8 Å². The normalized spacial score (nSPS) is 12.4. The van der Waals surface area contributed by atoms with Gasteiger partial charge in [-0.15, -0.1) is 0 Å². The van der Waals surface area contributed by atoms with Crippen LogP contribution in [-0.2, 0) is 11.2 Å². The molecule has 0 heterocycles. The maximum atomic E-state index is 13.3. The Morgan fingerprint density at radius 3 is 2.42 bits per heavy atom. The topological polar surface area (TPSA) is 63.3 Å². The summed E-state index contributed by atoms with van der Waals surface area (Å²) in [6.45, 7) is 0. The minimum Gasteiger partial charge on any atom is -0.481 e. The average molecular weight is 275 g/mol. The summed E-state index contributed by atoms with van der Waals surface area (Å²) in [6.07, 6.45) is 1.79. The van der Waals surface area contributed by atoms with Gasteiger partial charge in [0.05, 0.1) is 6.42 Å². The zero-order valence-electron chi connectivity index (χ0n) is 10.3. The molecule has 0 unspecified atom stereocenters. The molecule has 0 saturated carbocycles. The first kappa shape index (κ1) is 15.5. The van der Waals surface area contributed by atoms with Gasteiger partial charge < -0.3 is 10.8 Å². The average Bonchev–Trinajstić information content (AvgIpc) is 2.30. The van der Waals surface area contributed by atoms with Crippen LogP contribution in [0.2, 0.25) is 0 Å². The molecular formula is C13H16F3NO2. The van der Waals surface area contributed by atoms with Gasteiger partial charge >= 0.3 is 5.97 Å². The molecule has 0 bridgehead atoms. The van der Waals surface area contributed by atoms with Gasteiger partial charge in [0.25, 0.3) is 0 Å². The van der Waals surface area contributed by atoms with E-state index < -0.39 is 29.5 Å². The Morgan fingerprint density at radius 1 is 1.16 bits per heavy atom. The summed E-state index contributed by atoms with van der Waals surface area (Å²) in [5, 5.41) is 8.50. The number of carbonyl (C=O) groups is 1. The highest BCUT2D eigenvalue weighted by Gasteiger charge is 2.11. The van der Waals surface area contributed by atoms with Gasteiger partial charge in [-0.05, 0) is 30.9 Å². The largest absolute Gasteiger partial charge is 0.481 e. The Labute approximate surface area is 109 Å².